The van der Waals surface area contributed by atoms with Gasteiger partial charge in [0.1, 0.15) is 36.4 Å². The molecule has 1 aromatic heterocycles. The Kier molecular flexibility index (Phi) is 7.72. The summed E-state index contributed by atoms with van der Waals surface area (Å²) in [4.78, 5) is 29.5. The molecule has 0 spiro atoms. The van der Waals surface area contributed by atoms with E-state index in [1.54, 1.807) is 0 Å². The molecule has 0 aliphatic rings. The van der Waals surface area contributed by atoms with Gasteiger partial charge in [0.05, 0.1) is 18.2 Å². The Balaban J connectivity index is 2.12. The molecule has 192 valence electrons. The zero-order chi connectivity index (χ0) is 26.7. The van der Waals surface area contributed by atoms with Crippen molar-refractivity contribution in [3.05, 3.63) is 83.4 Å². The van der Waals surface area contributed by atoms with E-state index >= 15 is 0 Å². The Morgan fingerprint density at radius 3 is 2.28 bits per heavy atom. The van der Waals surface area contributed by atoms with Crippen molar-refractivity contribution in [1.82, 2.24) is 19.7 Å². The first-order valence-corrected chi connectivity index (χ1v) is 10.6. The molecule has 0 saturated carbocycles. The third-order valence-corrected chi connectivity index (χ3v) is 5.61. The standard InChI is InChI=1S/C23H21F5N4O4/c1-2-19(22(36,11-31-13-29-12-30-31)17-8-7-16(24)9-18(17)25)32(10-20(33)34)21(35)14-3-5-15(6-4-14)23(26,27)28/h3-9,12-13,19,36H,2,10-11H2,1H3,(H,33,34)/t19-,22+/m1/s1. The normalized spacial score (nSPS) is 14.2. The maximum Gasteiger partial charge on any atom is 0.416 e. The number of aliphatic hydroxyl groups is 1. The van der Waals surface area contributed by atoms with Crippen LogP contribution >= 0.6 is 0 Å². The van der Waals surface area contributed by atoms with E-state index in [0.29, 0.717) is 18.2 Å². The molecule has 36 heavy (non-hydrogen) atoms. The van der Waals surface area contributed by atoms with E-state index in [1.807, 2.05) is 0 Å². The van der Waals surface area contributed by atoms with E-state index in [4.69, 9.17) is 0 Å². The van der Waals surface area contributed by atoms with Crippen LogP contribution in [0.2, 0.25) is 0 Å². The van der Waals surface area contributed by atoms with Crippen molar-refractivity contribution in [2.24, 2.45) is 0 Å². The minimum absolute atomic E-state index is 0.123. The number of nitrogens with zero attached hydrogens (tertiary/aromatic N) is 4. The average Bonchev–Trinajstić information content (AvgIpc) is 3.30. The molecule has 0 aliphatic carbocycles. The molecule has 3 aromatic rings. The van der Waals surface area contributed by atoms with E-state index in [9.17, 15) is 41.8 Å². The summed E-state index contributed by atoms with van der Waals surface area (Å²) in [6.45, 7) is 0.0125. The monoisotopic (exact) mass is 512 g/mol. The van der Waals surface area contributed by atoms with Crippen LogP contribution in [0.3, 0.4) is 0 Å². The molecule has 1 heterocycles. The highest BCUT2D eigenvalue weighted by Crippen LogP contribution is 2.35. The molecule has 3 rings (SSSR count). The lowest BCUT2D eigenvalue weighted by Gasteiger charge is -2.42. The van der Waals surface area contributed by atoms with E-state index < -0.39 is 65.5 Å². The highest BCUT2D eigenvalue weighted by molar-refractivity contribution is 5.96. The molecule has 0 fully saturated rings. The van der Waals surface area contributed by atoms with Crippen molar-refractivity contribution < 1.29 is 41.8 Å². The van der Waals surface area contributed by atoms with Crippen LogP contribution in [0, 0.1) is 11.6 Å². The van der Waals surface area contributed by atoms with Crippen molar-refractivity contribution in [2.75, 3.05) is 6.54 Å². The Morgan fingerprint density at radius 1 is 1.11 bits per heavy atom. The lowest BCUT2D eigenvalue weighted by molar-refractivity contribution is -0.140. The summed E-state index contributed by atoms with van der Waals surface area (Å²) in [5, 5.41) is 25.2. The molecular weight excluding hydrogens is 491 g/mol. The molecule has 8 nitrogen and oxygen atoms in total. The maximum absolute atomic E-state index is 14.9. The second-order valence-electron chi connectivity index (χ2n) is 7.97. The largest absolute Gasteiger partial charge is 0.480 e. The lowest BCUT2D eigenvalue weighted by Crippen LogP contribution is -2.56. The third-order valence-electron chi connectivity index (χ3n) is 5.61. The second-order valence-corrected chi connectivity index (χ2v) is 7.97. The van der Waals surface area contributed by atoms with Crippen LogP contribution in [0.1, 0.15) is 34.8 Å². The fourth-order valence-electron chi connectivity index (χ4n) is 4.02. The molecule has 2 aromatic carbocycles. The van der Waals surface area contributed by atoms with Crippen LogP contribution in [0.25, 0.3) is 0 Å². The summed E-state index contributed by atoms with van der Waals surface area (Å²) in [5.74, 6) is -4.60. The topological polar surface area (TPSA) is 109 Å². The number of amides is 1. The molecule has 1 amide bonds. The Morgan fingerprint density at radius 2 is 1.78 bits per heavy atom. The number of carboxylic acids is 1. The van der Waals surface area contributed by atoms with Gasteiger partial charge in [0.2, 0.25) is 0 Å². The lowest BCUT2D eigenvalue weighted by atomic mass is 9.82. The summed E-state index contributed by atoms with van der Waals surface area (Å²) in [5.41, 5.74) is -4.10. The number of hydrogen-bond acceptors (Lipinski definition) is 5. The van der Waals surface area contributed by atoms with Gasteiger partial charge in [0.25, 0.3) is 5.91 Å². The Labute approximate surface area is 201 Å². The minimum Gasteiger partial charge on any atom is -0.480 e. The molecule has 2 N–H and O–H groups in total. The number of halogens is 5. The number of hydrogen-bond donors (Lipinski definition) is 2. The number of alkyl halides is 3. The van der Waals surface area contributed by atoms with Crippen LogP contribution in [0.15, 0.2) is 55.1 Å². The first-order valence-electron chi connectivity index (χ1n) is 10.6. The van der Waals surface area contributed by atoms with E-state index in [2.05, 4.69) is 10.1 Å². The van der Waals surface area contributed by atoms with Crippen molar-refractivity contribution in [3.8, 4) is 0 Å². The van der Waals surface area contributed by atoms with Crippen LogP contribution in [-0.2, 0) is 23.1 Å². The molecule has 0 radical (unpaired) electrons. The van der Waals surface area contributed by atoms with Crippen LogP contribution in [0.5, 0.6) is 0 Å². The Hall–Kier alpha value is -3.87. The summed E-state index contributed by atoms with van der Waals surface area (Å²) in [7, 11) is 0. The maximum atomic E-state index is 14.9. The molecule has 13 heteroatoms. The van der Waals surface area contributed by atoms with E-state index in [1.165, 1.54) is 13.3 Å². The van der Waals surface area contributed by atoms with Gasteiger partial charge in [0.15, 0.2) is 0 Å². The van der Waals surface area contributed by atoms with Gasteiger partial charge in [-0.3, -0.25) is 9.59 Å². The number of carbonyl (C=O) groups excluding carboxylic acids is 1. The molecule has 0 bridgehead atoms. The number of rotatable bonds is 9. The van der Waals surface area contributed by atoms with Crippen molar-refractivity contribution in [1.29, 1.82) is 0 Å². The Bertz CT molecular complexity index is 1220. The first-order chi connectivity index (χ1) is 16.9. The van der Waals surface area contributed by atoms with Crippen molar-refractivity contribution in [3.63, 3.8) is 0 Å². The predicted molar refractivity (Wildman–Crippen MR) is 114 cm³/mol. The third kappa shape index (κ3) is 5.67. The smallest absolute Gasteiger partial charge is 0.416 e. The van der Waals surface area contributed by atoms with Gasteiger partial charge in [-0.05, 0) is 36.8 Å². The highest BCUT2D eigenvalue weighted by Gasteiger charge is 2.46. The fraction of sp³-hybridized carbons (Fsp3) is 0.304. The van der Waals surface area contributed by atoms with E-state index in [-0.39, 0.29) is 12.0 Å². The van der Waals surface area contributed by atoms with Crippen LogP contribution < -0.4 is 0 Å². The first kappa shape index (κ1) is 26.7. The second kappa shape index (κ2) is 10.4. The van der Waals surface area contributed by atoms with E-state index in [0.717, 1.165) is 40.2 Å². The number of carbonyl (C=O) groups is 2. The van der Waals surface area contributed by atoms with Gasteiger partial charge < -0.3 is 15.1 Å². The van der Waals surface area contributed by atoms with Crippen molar-refractivity contribution in [2.45, 2.75) is 37.7 Å². The molecule has 2 atom stereocenters. The van der Waals surface area contributed by atoms with Gasteiger partial charge in [-0.1, -0.05) is 13.0 Å². The average molecular weight is 512 g/mol. The highest BCUT2D eigenvalue weighted by atomic mass is 19.4. The summed E-state index contributed by atoms with van der Waals surface area (Å²) < 4.78 is 68.5. The number of carboxylic acid groups (broad SMARTS) is 1. The number of benzene rings is 2. The molecule has 0 unspecified atom stereocenters. The van der Waals surface area contributed by atoms with Crippen molar-refractivity contribution >= 4 is 11.9 Å². The SMILES string of the molecule is CC[C@@H](N(CC(=O)O)C(=O)c1ccc(C(F)(F)F)cc1)[C@](O)(Cn1cncn1)c1ccc(F)cc1F. The van der Waals surface area contributed by atoms with Gasteiger partial charge >= 0.3 is 12.1 Å². The number of aromatic nitrogens is 3. The summed E-state index contributed by atoms with van der Waals surface area (Å²) >= 11 is 0. The minimum atomic E-state index is -4.66. The predicted octanol–water partition coefficient (Wildman–Crippen LogP) is 3.47. The molecule has 0 saturated heterocycles. The van der Waals surface area contributed by atoms with Gasteiger partial charge in [-0.2, -0.15) is 18.3 Å². The van der Waals surface area contributed by atoms with Crippen LogP contribution in [-0.4, -0.2) is 54.3 Å². The summed E-state index contributed by atoms with van der Waals surface area (Å²) in [6, 6.07) is 4.01. The molecular formula is C23H21F5N4O4. The van der Waals surface area contributed by atoms with Crippen LogP contribution in [0.4, 0.5) is 22.0 Å². The zero-order valence-corrected chi connectivity index (χ0v) is 18.8. The summed E-state index contributed by atoms with van der Waals surface area (Å²) in [6.07, 6.45) is -2.46. The zero-order valence-electron chi connectivity index (χ0n) is 18.8. The van der Waals surface area contributed by atoms with Gasteiger partial charge in [-0.25, -0.2) is 18.4 Å². The molecule has 0 aliphatic heterocycles. The van der Waals surface area contributed by atoms with Gasteiger partial charge in [0, 0.05) is 17.2 Å². The number of aliphatic carboxylic acids is 1. The fourth-order valence-corrected chi connectivity index (χ4v) is 4.02. The quantitative estimate of drug-likeness (QED) is 0.425. The van der Waals surface area contributed by atoms with Gasteiger partial charge in [-0.15, -0.1) is 0 Å².